The lowest BCUT2D eigenvalue weighted by molar-refractivity contribution is -0.137. The van der Waals surface area contributed by atoms with Crippen LogP contribution < -0.4 is 15.8 Å². The van der Waals surface area contributed by atoms with Gasteiger partial charge >= 0.3 is 5.97 Å². The molecule has 0 aliphatic rings. The maximum Gasteiger partial charge on any atom is 0.322 e. The number of amides is 2. The Morgan fingerprint density at radius 2 is 1.62 bits per heavy atom. The number of carboxylic acids is 1. The normalized spacial score (nSPS) is 10.7. The van der Waals surface area contributed by atoms with E-state index in [-0.39, 0.29) is 10.5 Å². The third-order valence-corrected chi connectivity index (χ3v) is 3.22. The molecule has 0 bridgehead atoms. The lowest BCUT2D eigenvalue weighted by Crippen LogP contribution is -2.39. The van der Waals surface area contributed by atoms with E-state index in [1.165, 1.54) is 12.1 Å². The van der Waals surface area contributed by atoms with Crippen molar-refractivity contribution in [3.8, 4) is 0 Å². The highest BCUT2D eigenvalue weighted by Gasteiger charge is 2.11. The summed E-state index contributed by atoms with van der Waals surface area (Å²) in [6.07, 6.45) is 0. The van der Waals surface area contributed by atoms with Gasteiger partial charge in [0.15, 0.2) is 0 Å². The third-order valence-electron chi connectivity index (χ3n) is 2.29. The highest BCUT2D eigenvalue weighted by molar-refractivity contribution is 7.89. The first kappa shape index (κ1) is 16.6. The van der Waals surface area contributed by atoms with Gasteiger partial charge in [-0.2, -0.15) is 0 Å². The lowest BCUT2D eigenvalue weighted by atomic mass is 10.2. The number of hydrogen-bond donors (Lipinski definition) is 4. The van der Waals surface area contributed by atoms with Crippen LogP contribution in [-0.4, -0.2) is 44.4 Å². The average Bonchev–Trinajstić information content (AvgIpc) is 2.41. The zero-order chi connectivity index (χ0) is 16.0. The fourth-order valence-electron chi connectivity index (χ4n) is 1.30. The monoisotopic (exact) mass is 315 g/mol. The summed E-state index contributed by atoms with van der Waals surface area (Å²) < 4.78 is 22.1. The number of carbonyl (C=O) groups excluding carboxylic acids is 2. The van der Waals surface area contributed by atoms with Gasteiger partial charge in [0, 0.05) is 5.56 Å². The SMILES string of the molecule is NS(=O)(=O)c1ccc(C(=O)NCC(=O)NCC(=O)O)cc1. The molecule has 1 rings (SSSR count). The van der Waals surface area contributed by atoms with Crippen LogP contribution in [0.4, 0.5) is 0 Å². The van der Waals surface area contributed by atoms with Crippen molar-refractivity contribution in [2.75, 3.05) is 13.1 Å². The van der Waals surface area contributed by atoms with E-state index in [0.717, 1.165) is 12.1 Å². The van der Waals surface area contributed by atoms with Gasteiger partial charge in [0.2, 0.25) is 15.9 Å². The van der Waals surface area contributed by atoms with Crippen molar-refractivity contribution in [2.45, 2.75) is 4.90 Å². The molecule has 114 valence electrons. The van der Waals surface area contributed by atoms with Gasteiger partial charge in [-0.25, -0.2) is 13.6 Å². The minimum absolute atomic E-state index is 0.133. The summed E-state index contributed by atoms with van der Waals surface area (Å²) in [5.41, 5.74) is 0.133. The maximum absolute atomic E-state index is 11.7. The van der Waals surface area contributed by atoms with E-state index in [1.807, 2.05) is 0 Å². The second-order valence-electron chi connectivity index (χ2n) is 3.92. The quantitative estimate of drug-likeness (QED) is 0.488. The fraction of sp³-hybridized carbons (Fsp3) is 0.182. The molecule has 10 heteroatoms. The van der Waals surface area contributed by atoms with Gasteiger partial charge in [0.1, 0.15) is 6.54 Å². The summed E-state index contributed by atoms with van der Waals surface area (Å²) >= 11 is 0. The zero-order valence-corrected chi connectivity index (χ0v) is 11.5. The molecule has 0 aliphatic carbocycles. The number of nitrogens with one attached hydrogen (secondary N) is 2. The Kier molecular flexibility index (Phi) is 5.38. The molecule has 0 saturated heterocycles. The molecular formula is C11H13N3O6S. The molecule has 0 unspecified atom stereocenters. The molecule has 0 fully saturated rings. The van der Waals surface area contributed by atoms with E-state index in [9.17, 15) is 22.8 Å². The van der Waals surface area contributed by atoms with E-state index in [1.54, 1.807) is 0 Å². The summed E-state index contributed by atoms with van der Waals surface area (Å²) in [6, 6.07) is 4.80. The maximum atomic E-state index is 11.7. The summed E-state index contributed by atoms with van der Waals surface area (Å²) in [7, 11) is -3.84. The predicted octanol–water partition coefficient (Wildman–Crippen LogP) is -1.74. The Balaban J connectivity index is 2.56. The number of carbonyl (C=O) groups is 3. The molecule has 2 amide bonds. The number of primary sulfonamides is 1. The molecule has 9 nitrogen and oxygen atoms in total. The fourth-order valence-corrected chi connectivity index (χ4v) is 1.81. The van der Waals surface area contributed by atoms with Crippen LogP contribution in [0.25, 0.3) is 0 Å². The van der Waals surface area contributed by atoms with Gasteiger partial charge in [-0.1, -0.05) is 0 Å². The standard InChI is InChI=1S/C11H13N3O6S/c12-21(19,20)8-3-1-7(2-4-8)11(18)14-5-9(15)13-6-10(16)17/h1-4H,5-6H2,(H,13,15)(H,14,18)(H,16,17)(H2,12,19,20). The van der Waals surface area contributed by atoms with Gasteiger partial charge in [0.05, 0.1) is 11.4 Å². The molecule has 0 saturated carbocycles. The van der Waals surface area contributed by atoms with Gasteiger partial charge in [0.25, 0.3) is 5.91 Å². The molecule has 5 N–H and O–H groups in total. The number of nitrogens with two attached hydrogens (primary N) is 1. The molecule has 21 heavy (non-hydrogen) atoms. The molecular weight excluding hydrogens is 302 g/mol. The molecule has 0 aliphatic heterocycles. The van der Waals surface area contributed by atoms with Gasteiger partial charge < -0.3 is 15.7 Å². The van der Waals surface area contributed by atoms with Gasteiger partial charge in [-0.15, -0.1) is 0 Å². The first-order chi connectivity index (χ1) is 9.70. The Bertz CT molecular complexity index is 653. The number of aliphatic carboxylic acids is 1. The topological polar surface area (TPSA) is 156 Å². The molecule has 1 aromatic carbocycles. The van der Waals surface area contributed by atoms with Crippen LogP contribution in [-0.2, 0) is 19.6 Å². The highest BCUT2D eigenvalue weighted by Crippen LogP contribution is 2.08. The Morgan fingerprint density at radius 3 is 2.10 bits per heavy atom. The van der Waals surface area contributed by atoms with Crippen LogP contribution in [0.5, 0.6) is 0 Å². The Hall–Kier alpha value is -2.46. The minimum atomic E-state index is -3.84. The van der Waals surface area contributed by atoms with E-state index >= 15 is 0 Å². The minimum Gasteiger partial charge on any atom is -0.480 e. The van der Waals surface area contributed by atoms with Crippen molar-refractivity contribution in [3.63, 3.8) is 0 Å². The van der Waals surface area contributed by atoms with E-state index in [4.69, 9.17) is 10.2 Å². The molecule has 0 radical (unpaired) electrons. The number of benzene rings is 1. The Morgan fingerprint density at radius 1 is 1.05 bits per heavy atom. The number of hydrogen-bond acceptors (Lipinski definition) is 5. The average molecular weight is 315 g/mol. The second kappa shape index (κ2) is 6.81. The number of carboxylic acid groups (broad SMARTS) is 1. The zero-order valence-electron chi connectivity index (χ0n) is 10.7. The number of sulfonamides is 1. The van der Waals surface area contributed by atoms with Crippen LogP contribution >= 0.6 is 0 Å². The van der Waals surface area contributed by atoms with E-state index in [0.29, 0.717) is 0 Å². The van der Waals surface area contributed by atoms with Crippen LogP contribution in [0.1, 0.15) is 10.4 Å². The molecule has 0 atom stereocenters. The largest absolute Gasteiger partial charge is 0.480 e. The van der Waals surface area contributed by atoms with Crippen LogP contribution in [0.2, 0.25) is 0 Å². The summed E-state index contributed by atoms with van der Waals surface area (Å²) in [4.78, 5) is 32.9. The van der Waals surface area contributed by atoms with E-state index < -0.39 is 40.9 Å². The Labute approximate surface area is 120 Å². The van der Waals surface area contributed by atoms with Crippen LogP contribution in [0.15, 0.2) is 29.2 Å². The third kappa shape index (κ3) is 5.58. The van der Waals surface area contributed by atoms with E-state index in [2.05, 4.69) is 10.6 Å². The van der Waals surface area contributed by atoms with Crippen LogP contribution in [0, 0.1) is 0 Å². The van der Waals surface area contributed by atoms with Gasteiger partial charge in [-0.3, -0.25) is 14.4 Å². The number of rotatable bonds is 6. The smallest absolute Gasteiger partial charge is 0.322 e. The van der Waals surface area contributed by atoms with Crippen molar-refractivity contribution >= 4 is 27.8 Å². The molecule has 0 aromatic heterocycles. The van der Waals surface area contributed by atoms with Crippen molar-refractivity contribution in [2.24, 2.45) is 5.14 Å². The first-order valence-corrected chi connectivity index (χ1v) is 7.14. The molecule has 1 aromatic rings. The highest BCUT2D eigenvalue weighted by atomic mass is 32.2. The van der Waals surface area contributed by atoms with Gasteiger partial charge in [-0.05, 0) is 24.3 Å². The first-order valence-electron chi connectivity index (χ1n) is 5.59. The van der Waals surface area contributed by atoms with Crippen molar-refractivity contribution in [1.82, 2.24) is 10.6 Å². The van der Waals surface area contributed by atoms with Crippen LogP contribution in [0.3, 0.4) is 0 Å². The summed E-state index contributed by atoms with van der Waals surface area (Å²) in [5.74, 6) is -2.47. The van der Waals surface area contributed by atoms with Crippen molar-refractivity contribution in [1.29, 1.82) is 0 Å². The second-order valence-corrected chi connectivity index (χ2v) is 5.48. The molecule has 0 heterocycles. The van der Waals surface area contributed by atoms with Crippen molar-refractivity contribution < 1.29 is 27.9 Å². The summed E-state index contributed by atoms with van der Waals surface area (Å²) in [6.45, 7) is -0.944. The van der Waals surface area contributed by atoms with Crippen molar-refractivity contribution in [3.05, 3.63) is 29.8 Å². The lowest BCUT2D eigenvalue weighted by Gasteiger charge is -2.06. The predicted molar refractivity (Wildman–Crippen MR) is 70.8 cm³/mol. The molecule has 0 spiro atoms. The summed E-state index contributed by atoms with van der Waals surface area (Å²) in [5, 5.41) is 17.6.